The molecule has 0 aliphatic carbocycles. The Labute approximate surface area is 158 Å². The predicted molar refractivity (Wildman–Crippen MR) is 107 cm³/mol. The van der Waals surface area contributed by atoms with Crippen molar-refractivity contribution in [2.75, 3.05) is 20.2 Å². The van der Waals surface area contributed by atoms with Crippen LogP contribution in [0.15, 0.2) is 61.3 Å². The van der Waals surface area contributed by atoms with Gasteiger partial charge in [-0.3, -0.25) is 9.48 Å². The zero-order valence-electron chi connectivity index (χ0n) is 15.5. The Kier molecular flexibility index (Phi) is 4.67. The van der Waals surface area contributed by atoms with Crippen molar-refractivity contribution in [1.29, 1.82) is 0 Å². The van der Waals surface area contributed by atoms with Crippen molar-refractivity contribution in [3.05, 3.63) is 61.3 Å². The summed E-state index contributed by atoms with van der Waals surface area (Å²) in [5, 5.41) is 5.91. The number of benzene rings is 2. The van der Waals surface area contributed by atoms with E-state index in [9.17, 15) is 4.79 Å². The molecular weight excluding hydrogens is 338 g/mol. The molecule has 1 aliphatic heterocycles. The monoisotopic (exact) mass is 361 g/mol. The number of ether oxygens (including phenoxy) is 1. The van der Waals surface area contributed by atoms with Gasteiger partial charge in [-0.1, -0.05) is 36.9 Å². The van der Waals surface area contributed by atoms with Gasteiger partial charge in [-0.05, 0) is 36.6 Å². The van der Waals surface area contributed by atoms with Gasteiger partial charge in [0.05, 0.1) is 18.7 Å². The molecule has 1 aliphatic rings. The van der Waals surface area contributed by atoms with Crippen LogP contribution < -0.4 is 4.74 Å². The minimum atomic E-state index is -0.00475. The van der Waals surface area contributed by atoms with E-state index in [1.807, 2.05) is 27.8 Å². The molecule has 2 heterocycles. The number of para-hydroxylation sites is 1. The van der Waals surface area contributed by atoms with E-state index in [2.05, 4.69) is 37.0 Å². The molecule has 0 spiro atoms. The third-order valence-electron chi connectivity index (χ3n) is 5.20. The van der Waals surface area contributed by atoms with Crippen LogP contribution >= 0.6 is 0 Å². The molecule has 5 nitrogen and oxygen atoms in total. The van der Waals surface area contributed by atoms with Crippen molar-refractivity contribution in [2.24, 2.45) is 0 Å². The summed E-state index contributed by atoms with van der Waals surface area (Å²) in [6.45, 7) is 5.07. The molecule has 1 saturated heterocycles. The van der Waals surface area contributed by atoms with Gasteiger partial charge in [0.15, 0.2) is 0 Å². The van der Waals surface area contributed by atoms with E-state index in [4.69, 9.17) is 9.84 Å². The van der Waals surface area contributed by atoms with Crippen molar-refractivity contribution in [3.8, 4) is 16.9 Å². The van der Waals surface area contributed by atoms with Crippen molar-refractivity contribution < 1.29 is 9.53 Å². The molecule has 1 unspecified atom stereocenters. The number of rotatable bonds is 4. The summed E-state index contributed by atoms with van der Waals surface area (Å²) < 4.78 is 7.50. The van der Waals surface area contributed by atoms with Crippen molar-refractivity contribution in [3.63, 3.8) is 0 Å². The first-order valence-corrected chi connectivity index (χ1v) is 9.23. The van der Waals surface area contributed by atoms with E-state index in [0.29, 0.717) is 6.54 Å². The number of hydrogen-bond donors (Lipinski definition) is 0. The lowest BCUT2D eigenvalue weighted by Gasteiger charge is -2.32. The van der Waals surface area contributed by atoms with E-state index in [1.165, 1.54) is 6.08 Å². The number of fused-ring (bicyclic) bond motifs is 1. The van der Waals surface area contributed by atoms with Crippen LogP contribution in [0.1, 0.15) is 18.9 Å². The van der Waals surface area contributed by atoms with E-state index in [0.717, 1.165) is 47.2 Å². The van der Waals surface area contributed by atoms with Crippen LogP contribution in [0.5, 0.6) is 5.75 Å². The molecular formula is C22H23N3O2. The molecule has 0 saturated carbocycles. The fourth-order valence-corrected chi connectivity index (χ4v) is 3.77. The number of carbonyl (C=O) groups excluding carboxylic acids is 1. The Balaban J connectivity index is 1.65. The third kappa shape index (κ3) is 3.33. The first-order chi connectivity index (χ1) is 13.2. The molecule has 1 aromatic heterocycles. The van der Waals surface area contributed by atoms with E-state index >= 15 is 0 Å². The van der Waals surface area contributed by atoms with Crippen LogP contribution in [0.2, 0.25) is 0 Å². The second-order valence-corrected chi connectivity index (χ2v) is 6.87. The third-order valence-corrected chi connectivity index (χ3v) is 5.20. The maximum absolute atomic E-state index is 11.9. The molecule has 27 heavy (non-hydrogen) atoms. The Morgan fingerprint density at radius 2 is 2.15 bits per heavy atom. The molecule has 0 bridgehead atoms. The molecule has 2 aromatic carbocycles. The van der Waals surface area contributed by atoms with Gasteiger partial charge in [-0.2, -0.15) is 5.10 Å². The topological polar surface area (TPSA) is 47.4 Å². The van der Waals surface area contributed by atoms with Gasteiger partial charge in [0, 0.05) is 30.2 Å². The van der Waals surface area contributed by atoms with Crippen LogP contribution in [-0.4, -0.2) is 40.8 Å². The molecule has 5 heteroatoms. The second-order valence-electron chi connectivity index (χ2n) is 6.87. The largest absolute Gasteiger partial charge is 0.496 e. The van der Waals surface area contributed by atoms with Gasteiger partial charge in [-0.15, -0.1) is 0 Å². The van der Waals surface area contributed by atoms with Gasteiger partial charge < -0.3 is 9.64 Å². The van der Waals surface area contributed by atoms with Gasteiger partial charge in [0.25, 0.3) is 0 Å². The van der Waals surface area contributed by atoms with Gasteiger partial charge in [0.1, 0.15) is 5.75 Å². The second kappa shape index (κ2) is 7.27. The van der Waals surface area contributed by atoms with E-state index in [1.54, 1.807) is 7.11 Å². The average molecular weight is 361 g/mol. The number of amides is 1. The Bertz CT molecular complexity index is 992. The fourth-order valence-electron chi connectivity index (χ4n) is 3.77. The minimum absolute atomic E-state index is 0.00475. The highest BCUT2D eigenvalue weighted by Gasteiger charge is 2.24. The summed E-state index contributed by atoms with van der Waals surface area (Å²) in [4.78, 5) is 13.8. The SMILES string of the molecule is C=CC(=O)N1CCCC(n2cc3ccc(-c4ccccc4OC)cc3n2)C1. The minimum Gasteiger partial charge on any atom is -0.496 e. The summed E-state index contributed by atoms with van der Waals surface area (Å²) in [5.41, 5.74) is 3.08. The van der Waals surface area contributed by atoms with E-state index in [-0.39, 0.29) is 11.9 Å². The normalized spacial score (nSPS) is 17.1. The quantitative estimate of drug-likeness (QED) is 0.659. The first kappa shape index (κ1) is 17.3. The molecule has 3 aromatic rings. The number of aromatic nitrogens is 2. The highest BCUT2D eigenvalue weighted by atomic mass is 16.5. The number of carbonyl (C=O) groups is 1. The standard InChI is InChI=1S/C22H23N3O2/c1-3-22(26)24-12-6-7-18(15-24)25-14-17-11-10-16(13-20(17)23-25)19-8-4-5-9-21(19)27-2/h3-5,8-11,13-14,18H,1,6-7,12,15H2,2H3. The maximum Gasteiger partial charge on any atom is 0.246 e. The van der Waals surface area contributed by atoms with Crippen LogP contribution in [-0.2, 0) is 4.79 Å². The first-order valence-electron chi connectivity index (χ1n) is 9.23. The number of likely N-dealkylation sites (tertiary alicyclic amines) is 1. The lowest BCUT2D eigenvalue weighted by molar-refractivity contribution is -0.127. The highest BCUT2D eigenvalue weighted by Crippen LogP contribution is 2.32. The Morgan fingerprint density at radius 1 is 1.30 bits per heavy atom. The highest BCUT2D eigenvalue weighted by molar-refractivity contribution is 5.87. The maximum atomic E-state index is 11.9. The number of hydrogen-bond acceptors (Lipinski definition) is 3. The summed E-state index contributed by atoms with van der Waals surface area (Å²) in [6.07, 6.45) is 5.47. The summed E-state index contributed by atoms with van der Waals surface area (Å²) >= 11 is 0. The average Bonchev–Trinajstić information content (AvgIpc) is 3.16. The zero-order chi connectivity index (χ0) is 18.8. The lowest BCUT2D eigenvalue weighted by Crippen LogP contribution is -2.39. The van der Waals surface area contributed by atoms with Crippen LogP contribution in [0.4, 0.5) is 0 Å². The van der Waals surface area contributed by atoms with Crippen molar-refractivity contribution in [2.45, 2.75) is 18.9 Å². The smallest absolute Gasteiger partial charge is 0.246 e. The summed E-state index contributed by atoms with van der Waals surface area (Å²) in [6, 6.07) is 14.5. The Hall–Kier alpha value is -3.08. The number of piperidine rings is 1. The summed E-state index contributed by atoms with van der Waals surface area (Å²) in [5.74, 6) is 0.844. The van der Waals surface area contributed by atoms with Crippen molar-refractivity contribution >= 4 is 16.8 Å². The number of nitrogens with zero attached hydrogens (tertiary/aromatic N) is 3. The molecule has 0 radical (unpaired) electrons. The van der Waals surface area contributed by atoms with Gasteiger partial charge in [0.2, 0.25) is 5.91 Å². The molecule has 1 fully saturated rings. The predicted octanol–water partition coefficient (Wildman–Crippen LogP) is 4.06. The van der Waals surface area contributed by atoms with Crippen LogP contribution in [0, 0.1) is 0 Å². The summed E-state index contributed by atoms with van der Waals surface area (Å²) in [7, 11) is 1.69. The van der Waals surface area contributed by atoms with Crippen molar-refractivity contribution in [1.82, 2.24) is 14.7 Å². The van der Waals surface area contributed by atoms with Gasteiger partial charge >= 0.3 is 0 Å². The van der Waals surface area contributed by atoms with Crippen LogP contribution in [0.25, 0.3) is 22.0 Å². The molecule has 4 rings (SSSR count). The van der Waals surface area contributed by atoms with Gasteiger partial charge in [-0.25, -0.2) is 0 Å². The number of methoxy groups -OCH3 is 1. The lowest BCUT2D eigenvalue weighted by atomic mass is 10.0. The molecule has 1 atom stereocenters. The molecule has 138 valence electrons. The molecule has 1 amide bonds. The zero-order valence-corrected chi connectivity index (χ0v) is 15.5. The van der Waals surface area contributed by atoms with E-state index < -0.39 is 0 Å². The Morgan fingerprint density at radius 3 is 2.96 bits per heavy atom. The molecule has 0 N–H and O–H groups in total. The van der Waals surface area contributed by atoms with Crippen LogP contribution in [0.3, 0.4) is 0 Å². The fraction of sp³-hybridized carbons (Fsp3) is 0.273.